The van der Waals surface area contributed by atoms with Crippen molar-refractivity contribution in [2.45, 2.75) is 20.8 Å². The number of halogens is 1. The third-order valence-corrected chi connectivity index (χ3v) is 4.15. The number of aromatic nitrogens is 1. The van der Waals surface area contributed by atoms with Crippen LogP contribution in [0.2, 0.25) is 0 Å². The highest BCUT2D eigenvalue weighted by Crippen LogP contribution is 2.38. The van der Waals surface area contributed by atoms with Gasteiger partial charge in [-0.1, -0.05) is 26.0 Å². The van der Waals surface area contributed by atoms with Crippen molar-refractivity contribution in [3.63, 3.8) is 0 Å². The molecule has 6 heteroatoms. The number of benzene rings is 2. The number of rotatable bonds is 3. The fraction of sp³-hybridized carbons (Fsp3) is 0.182. The number of pyridine rings is 1. The quantitative estimate of drug-likeness (QED) is 0.678. The van der Waals surface area contributed by atoms with Gasteiger partial charge in [-0.2, -0.15) is 0 Å². The second-order valence-electron chi connectivity index (χ2n) is 5.89. The standard InChI is InChI=1S/C20H15FN2O3.C2H6/c1-12-8-17-18(26-11-25-17)9-15(12)13-6-7-19(22-10-13)23-20(24)14-4-2-3-5-16(14)21;1-2/h2-10H,11H2,1H3,(H,22,23,24);1-2H3. The van der Waals surface area contributed by atoms with Crippen molar-refractivity contribution in [3.8, 4) is 22.6 Å². The average Bonchev–Trinajstić information content (AvgIpc) is 3.17. The maximum Gasteiger partial charge on any atom is 0.259 e. The number of amides is 1. The number of ether oxygens (including phenoxy) is 2. The van der Waals surface area contributed by atoms with Crippen LogP contribution in [0, 0.1) is 12.7 Å². The van der Waals surface area contributed by atoms with Gasteiger partial charge in [0.2, 0.25) is 6.79 Å². The molecule has 28 heavy (non-hydrogen) atoms. The van der Waals surface area contributed by atoms with Gasteiger partial charge < -0.3 is 14.8 Å². The maximum absolute atomic E-state index is 13.7. The summed E-state index contributed by atoms with van der Waals surface area (Å²) in [4.78, 5) is 16.4. The van der Waals surface area contributed by atoms with E-state index in [1.807, 2.05) is 39.0 Å². The summed E-state index contributed by atoms with van der Waals surface area (Å²) in [5.41, 5.74) is 2.85. The fourth-order valence-corrected chi connectivity index (χ4v) is 2.81. The molecule has 2 aromatic carbocycles. The predicted octanol–water partition coefficient (Wildman–Crippen LogP) is 5.20. The summed E-state index contributed by atoms with van der Waals surface area (Å²) >= 11 is 0. The third-order valence-electron chi connectivity index (χ3n) is 4.15. The van der Waals surface area contributed by atoms with Crippen molar-refractivity contribution in [1.82, 2.24) is 4.98 Å². The predicted molar refractivity (Wildman–Crippen MR) is 106 cm³/mol. The van der Waals surface area contributed by atoms with E-state index >= 15 is 0 Å². The fourth-order valence-electron chi connectivity index (χ4n) is 2.81. The highest BCUT2D eigenvalue weighted by molar-refractivity contribution is 6.04. The van der Waals surface area contributed by atoms with Gasteiger partial charge in [0.15, 0.2) is 11.5 Å². The second-order valence-corrected chi connectivity index (χ2v) is 5.89. The molecular weight excluding hydrogens is 359 g/mol. The monoisotopic (exact) mass is 380 g/mol. The van der Waals surface area contributed by atoms with E-state index in [0.717, 1.165) is 22.4 Å². The summed E-state index contributed by atoms with van der Waals surface area (Å²) in [5.74, 6) is 0.663. The van der Waals surface area contributed by atoms with Crippen LogP contribution < -0.4 is 14.8 Å². The molecule has 5 nitrogen and oxygen atoms in total. The summed E-state index contributed by atoms with van der Waals surface area (Å²) < 4.78 is 24.5. The molecule has 0 bridgehead atoms. The van der Waals surface area contributed by atoms with Crippen molar-refractivity contribution in [3.05, 3.63) is 71.7 Å². The topological polar surface area (TPSA) is 60.5 Å². The van der Waals surface area contributed by atoms with E-state index in [9.17, 15) is 9.18 Å². The Hall–Kier alpha value is -3.41. The van der Waals surface area contributed by atoms with Crippen LogP contribution in [0.15, 0.2) is 54.7 Å². The van der Waals surface area contributed by atoms with Gasteiger partial charge in [-0.25, -0.2) is 9.37 Å². The Bertz CT molecular complexity index is 988. The van der Waals surface area contributed by atoms with Gasteiger partial charge in [0.05, 0.1) is 5.56 Å². The lowest BCUT2D eigenvalue weighted by molar-refractivity contribution is 0.102. The Kier molecular flexibility index (Phi) is 5.89. The maximum atomic E-state index is 13.7. The first-order chi connectivity index (χ1) is 13.6. The molecule has 2 heterocycles. The number of nitrogens with one attached hydrogen (secondary N) is 1. The second kappa shape index (κ2) is 8.52. The summed E-state index contributed by atoms with van der Waals surface area (Å²) in [6.07, 6.45) is 1.65. The Labute approximate surface area is 163 Å². The van der Waals surface area contributed by atoms with Gasteiger partial charge in [0.25, 0.3) is 5.91 Å². The molecule has 0 radical (unpaired) electrons. The van der Waals surface area contributed by atoms with E-state index in [0.29, 0.717) is 11.6 Å². The first kappa shape index (κ1) is 19.4. The minimum absolute atomic E-state index is 0.0232. The highest BCUT2D eigenvalue weighted by Gasteiger charge is 2.17. The number of aryl methyl sites for hydroxylation is 1. The Morgan fingerprint density at radius 1 is 1.07 bits per heavy atom. The first-order valence-corrected chi connectivity index (χ1v) is 9.04. The van der Waals surface area contributed by atoms with E-state index in [2.05, 4.69) is 10.3 Å². The number of carbonyl (C=O) groups excluding carboxylic acids is 1. The van der Waals surface area contributed by atoms with Crippen molar-refractivity contribution < 1.29 is 18.7 Å². The van der Waals surface area contributed by atoms with Crippen LogP contribution in [0.25, 0.3) is 11.1 Å². The molecule has 1 aromatic heterocycles. The van der Waals surface area contributed by atoms with E-state index in [4.69, 9.17) is 9.47 Å². The number of anilines is 1. The van der Waals surface area contributed by atoms with Crippen LogP contribution in [0.3, 0.4) is 0 Å². The molecule has 0 aliphatic carbocycles. The van der Waals surface area contributed by atoms with Crippen molar-refractivity contribution in [2.24, 2.45) is 0 Å². The van der Waals surface area contributed by atoms with Crippen LogP contribution in [0.5, 0.6) is 11.5 Å². The largest absolute Gasteiger partial charge is 0.454 e. The van der Waals surface area contributed by atoms with Crippen molar-refractivity contribution in [1.29, 1.82) is 0 Å². The lowest BCUT2D eigenvalue weighted by Crippen LogP contribution is -2.14. The van der Waals surface area contributed by atoms with Gasteiger partial charge in [-0.15, -0.1) is 0 Å². The zero-order valence-electron chi connectivity index (χ0n) is 16.0. The van der Waals surface area contributed by atoms with Gasteiger partial charge in [-0.05, 0) is 54.4 Å². The summed E-state index contributed by atoms with van der Waals surface area (Å²) in [7, 11) is 0. The lowest BCUT2D eigenvalue weighted by atomic mass is 10.0. The minimum Gasteiger partial charge on any atom is -0.454 e. The molecule has 1 N–H and O–H groups in total. The van der Waals surface area contributed by atoms with Crippen LogP contribution in [-0.2, 0) is 0 Å². The smallest absolute Gasteiger partial charge is 0.259 e. The molecular formula is C22H21FN2O3. The molecule has 4 rings (SSSR count). The molecule has 0 unspecified atom stereocenters. The highest BCUT2D eigenvalue weighted by atomic mass is 19.1. The summed E-state index contributed by atoms with van der Waals surface area (Å²) in [6, 6.07) is 13.2. The minimum atomic E-state index is -0.572. The molecule has 0 saturated carbocycles. The number of nitrogens with zero attached hydrogens (tertiary/aromatic N) is 1. The Morgan fingerprint density at radius 3 is 2.46 bits per heavy atom. The van der Waals surface area contributed by atoms with E-state index in [1.165, 1.54) is 18.2 Å². The number of fused-ring (bicyclic) bond motifs is 1. The Morgan fingerprint density at radius 2 is 1.79 bits per heavy atom. The molecule has 3 aromatic rings. The average molecular weight is 380 g/mol. The van der Waals surface area contributed by atoms with Gasteiger partial charge in [0.1, 0.15) is 11.6 Å². The summed E-state index contributed by atoms with van der Waals surface area (Å²) in [6.45, 7) is 6.20. The molecule has 0 spiro atoms. The third kappa shape index (κ3) is 3.96. The van der Waals surface area contributed by atoms with Crippen molar-refractivity contribution in [2.75, 3.05) is 12.1 Å². The number of carbonyl (C=O) groups is 1. The molecule has 0 saturated heterocycles. The molecule has 1 amide bonds. The van der Waals surface area contributed by atoms with E-state index in [-0.39, 0.29) is 12.4 Å². The SMILES string of the molecule is CC.Cc1cc2c(cc1-c1ccc(NC(=O)c3ccccc3F)nc1)OCO2. The zero-order valence-corrected chi connectivity index (χ0v) is 16.0. The molecule has 0 fully saturated rings. The van der Waals surface area contributed by atoms with E-state index < -0.39 is 11.7 Å². The van der Waals surface area contributed by atoms with Crippen molar-refractivity contribution >= 4 is 11.7 Å². The normalized spacial score (nSPS) is 11.4. The van der Waals surface area contributed by atoms with Gasteiger partial charge in [-0.3, -0.25) is 4.79 Å². The zero-order chi connectivity index (χ0) is 20.1. The molecule has 1 aliphatic rings. The number of hydrogen-bond donors (Lipinski definition) is 1. The molecule has 144 valence electrons. The molecule has 1 aliphatic heterocycles. The van der Waals surface area contributed by atoms with Crippen LogP contribution >= 0.6 is 0 Å². The van der Waals surface area contributed by atoms with Crippen LogP contribution in [-0.4, -0.2) is 17.7 Å². The lowest BCUT2D eigenvalue weighted by Gasteiger charge is -2.09. The van der Waals surface area contributed by atoms with Gasteiger partial charge >= 0.3 is 0 Å². The number of hydrogen-bond acceptors (Lipinski definition) is 4. The molecule has 0 atom stereocenters. The summed E-state index contributed by atoms with van der Waals surface area (Å²) in [5, 5.41) is 2.60. The first-order valence-electron chi connectivity index (χ1n) is 9.04. The Balaban J connectivity index is 0.00000109. The van der Waals surface area contributed by atoms with Gasteiger partial charge in [0, 0.05) is 11.8 Å². The van der Waals surface area contributed by atoms with Crippen LogP contribution in [0.4, 0.5) is 10.2 Å². The van der Waals surface area contributed by atoms with E-state index in [1.54, 1.807) is 18.3 Å². The van der Waals surface area contributed by atoms with Crippen LogP contribution in [0.1, 0.15) is 29.8 Å².